The van der Waals surface area contributed by atoms with Gasteiger partial charge in [0.1, 0.15) is 0 Å². The maximum atomic E-state index is 6.01. The number of methoxy groups -OCH3 is 1. The molecule has 3 heteroatoms. The largest absolute Gasteiger partial charge is 0.382 e. The smallest absolute Gasteiger partial charge is 0.0700 e. The van der Waals surface area contributed by atoms with Crippen LogP contribution in [0.3, 0.4) is 0 Å². The summed E-state index contributed by atoms with van der Waals surface area (Å²) in [7, 11) is 1.69. The van der Waals surface area contributed by atoms with E-state index < -0.39 is 0 Å². The molecule has 0 bridgehead atoms. The summed E-state index contributed by atoms with van der Waals surface area (Å²) in [5.74, 6) is 1.34. The highest BCUT2D eigenvalue weighted by Gasteiger charge is 2.26. The van der Waals surface area contributed by atoms with Gasteiger partial charge in [-0.3, -0.25) is 0 Å². The molecule has 0 heterocycles. The zero-order valence-corrected chi connectivity index (χ0v) is 11.3. The summed E-state index contributed by atoms with van der Waals surface area (Å²) in [6.45, 7) is 8.89. The Bertz CT molecular complexity index is 151. The summed E-state index contributed by atoms with van der Waals surface area (Å²) in [6, 6.07) is 0. The van der Waals surface area contributed by atoms with Crippen molar-refractivity contribution in [1.29, 1.82) is 0 Å². The van der Waals surface area contributed by atoms with Crippen LogP contribution >= 0.6 is 11.6 Å². The van der Waals surface area contributed by atoms with Gasteiger partial charge in [-0.05, 0) is 24.2 Å². The van der Waals surface area contributed by atoms with Crippen LogP contribution in [0.2, 0.25) is 0 Å². The SMILES string of the molecule is COCCOCCCC(C)(CCl)C(C)C. The van der Waals surface area contributed by atoms with Crippen molar-refractivity contribution in [2.45, 2.75) is 33.6 Å². The Morgan fingerprint density at radius 1 is 1.20 bits per heavy atom. The maximum absolute atomic E-state index is 6.01. The normalized spacial score (nSPS) is 15.6. The molecular weight excluding hydrogens is 212 g/mol. The first-order valence-corrected chi connectivity index (χ1v) is 6.23. The summed E-state index contributed by atoms with van der Waals surface area (Å²) < 4.78 is 10.3. The molecule has 0 aromatic rings. The van der Waals surface area contributed by atoms with Crippen molar-refractivity contribution in [2.75, 3.05) is 32.8 Å². The molecule has 0 aliphatic carbocycles. The molecule has 0 saturated heterocycles. The van der Waals surface area contributed by atoms with Gasteiger partial charge in [0.15, 0.2) is 0 Å². The van der Waals surface area contributed by atoms with Gasteiger partial charge >= 0.3 is 0 Å². The Morgan fingerprint density at radius 3 is 2.33 bits per heavy atom. The molecule has 0 aromatic heterocycles. The summed E-state index contributed by atoms with van der Waals surface area (Å²) in [6.07, 6.45) is 2.20. The summed E-state index contributed by atoms with van der Waals surface area (Å²) >= 11 is 6.01. The van der Waals surface area contributed by atoms with Crippen LogP contribution in [0.4, 0.5) is 0 Å². The molecule has 0 aliphatic heterocycles. The van der Waals surface area contributed by atoms with E-state index in [-0.39, 0.29) is 5.41 Å². The average molecular weight is 237 g/mol. The fourth-order valence-corrected chi connectivity index (χ4v) is 1.77. The first-order valence-electron chi connectivity index (χ1n) is 5.69. The lowest BCUT2D eigenvalue weighted by molar-refractivity contribution is 0.0626. The molecule has 0 fully saturated rings. The van der Waals surface area contributed by atoms with Gasteiger partial charge in [0.2, 0.25) is 0 Å². The van der Waals surface area contributed by atoms with Crippen LogP contribution < -0.4 is 0 Å². The van der Waals surface area contributed by atoms with Gasteiger partial charge in [-0.15, -0.1) is 11.6 Å². The van der Waals surface area contributed by atoms with E-state index >= 15 is 0 Å². The molecule has 0 aromatic carbocycles. The fraction of sp³-hybridized carbons (Fsp3) is 1.00. The first-order chi connectivity index (χ1) is 7.06. The maximum Gasteiger partial charge on any atom is 0.0700 e. The zero-order valence-electron chi connectivity index (χ0n) is 10.5. The minimum absolute atomic E-state index is 0.242. The van der Waals surface area contributed by atoms with Crippen LogP contribution in [0.25, 0.3) is 0 Å². The number of ether oxygens (including phenoxy) is 2. The van der Waals surface area contributed by atoms with Crippen molar-refractivity contribution in [3.05, 3.63) is 0 Å². The second kappa shape index (κ2) is 8.37. The van der Waals surface area contributed by atoms with E-state index in [0.29, 0.717) is 19.1 Å². The molecule has 0 rings (SSSR count). The van der Waals surface area contributed by atoms with Gasteiger partial charge in [0.05, 0.1) is 13.2 Å². The van der Waals surface area contributed by atoms with Crippen LogP contribution in [0.1, 0.15) is 33.6 Å². The lowest BCUT2D eigenvalue weighted by Crippen LogP contribution is -2.26. The Hall–Kier alpha value is 0.210. The van der Waals surface area contributed by atoms with E-state index in [2.05, 4.69) is 20.8 Å². The molecule has 15 heavy (non-hydrogen) atoms. The molecule has 0 aliphatic rings. The van der Waals surface area contributed by atoms with Crippen LogP contribution in [0, 0.1) is 11.3 Å². The van der Waals surface area contributed by atoms with Crippen molar-refractivity contribution in [2.24, 2.45) is 11.3 Å². The van der Waals surface area contributed by atoms with Crippen LogP contribution in [-0.4, -0.2) is 32.8 Å². The zero-order chi connectivity index (χ0) is 11.7. The predicted molar refractivity (Wildman–Crippen MR) is 65.6 cm³/mol. The van der Waals surface area contributed by atoms with E-state index in [1.54, 1.807) is 7.11 Å². The topological polar surface area (TPSA) is 18.5 Å². The van der Waals surface area contributed by atoms with Gasteiger partial charge in [-0.1, -0.05) is 20.8 Å². The van der Waals surface area contributed by atoms with Gasteiger partial charge in [0.25, 0.3) is 0 Å². The molecule has 1 unspecified atom stereocenters. The molecule has 0 saturated carbocycles. The van der Waals surface area contributed by atoms with E-state index in [0.717, 1.165) is 25.3 Å². The number of rotatable bonds is 9. The van der Waals surface area contributed by atoms with Crippen molar-refractivity contribution >= 4 is 11.6 Å². The van der Waals surface area contributed by atoms with Crippen LogP contribution in [0.5, 0.6) is 0 Å². The number of hydrogen-bond acceptors (Lipinski definition) is 2. The Morgan fingerprint density at radius 2 is 1.87 bits per heavy atom. The number of alkyl halides is 1. The Balaban J connectivity index is 3.55. The molecule has 0 N–H and O–H groups in total. The lowest BCUT2D eigenvalue weighted by Gasteiger charge is -2.31. The molecule has 2 nitrogen and oxygen atoms in total. The van der Waals surface area contributed by atoms with Gasteiger partial charge in [0, 0.05) is 19.6 Å². The van der Waals surface area contributed by atoms with Crippen molar-refractivity contribution in [1.82, 2.24) is 0 Å². The van der Waals surface area contributed by atoms with Gasteiger partial charge < -0.3 is 9.47 Å². The third-order valence-electron chi connectivity index (χ3n) is 3.17. The average Bonchev–Trinajstić information content (AvgIpc) is 2.22. The number of hydrogen-bond donors (Lipinski definition) is 0. The lowest BCUT2D eigenvalue weighted by atomic mass is 9.77. The van der Waals surface area contributed by atoms with Gasteiger partial charge in [-0.2, -0.15) is 0 Å². The minimum atomic E-state index is 0.242. The Labute approximate surface area is 99.3 Å². The third-order valence-corrected chi connectivity index (χ3v) is 3.78. The van der Waals surface area contributed by atoms with E-state index in [1.165, 1.54) is 0 Å². The van der Waals surface area contributed by atoms with E-state index in [1.807, 2.05) is 0 Å². The molecule has 0 radical (unpaired) electrons. The van der Waals surface area contributed by atoms with E-state index in [4.69, 9.17) is 21.1 Å². The van der Waals surface area contributed by atoms with Crippen molar-refractivity contribution in [3.8, 4) is 0 Å². The Kier molecular flexibility index (Phi) is 8.49. The van der Waals surface area contributed by atoms with E-state index in [9.17, 15) is 0 Å². The fourth-order valence-electron chi connectivity index (χ4n) is 1.33. The number of halogens is 1. The first kappa shape index (κ1) is 15.2. The highest BCUT2D eigenvalue weighted by molar-refractivity contribution is 6.18. The van der Waals surface area contributed by atoms with Crippen molar-refractivity contribution in [3.63, 3.8) is 0 Å². The van der Waals surface area contributed by atoms with Crippen molar-refractivity contribution < 1.29 is 9.47 Å². The monoisotopic (exact) mass is 236 g/mol. The minimum Gasteiger partial charge on any atom is -0.382 e. The summed E-state index contributed by atoms with van der Waals surface area (Å²) in [4.78, 5) is 0. The highest BCUT2D eigenvalue weighted by Crippen LogP contribution is 2.33. The summed E-state index contributed by atoms with van der Waals surface area (Å²) in [5.41, 5.74) is 0.242. The highest BCUT2D eigenvalue weighted by atomic mass is 35.5. The molecule has 0 amide bonds. The molecular formula is C12H25ClO2. The standard InChI is InChI=1S/C12H25ClO2/c1-11(2)12(3,10-13)6-5-7-15-9-8-14-4/h11H,5-10H2,1-4H3. The molecule has 0 spiro atoms. The van der Waals surface area contributed by atoms with Gasteiger partial charge in [-0.25, -0.2) is 0 Å². The predicted octanol–water partition coefficient (Wildman–Crippen LogP) is 3.33. The quantitative estimate of drug-likeness (QED) is 0.452. The molecule has 1 atom stereocenters. The second-order valence-electron chi connectivity index (χ2n) is 4.65. The second-order valence-corrected chi connectivity index (χ2v) is 4.92. The third kappa shape index (κ3) is 6.39. The molecule has 92 valence electrons. The van der Waals surface area contributed by atoms with Crippen LogP contribution in [0.15, 0.2) is 0 Å². The van der Waals surface area contributed by atoms with Crippen LogP contribution in [-0.2, 0) is 9.47 Å². The summed E-state index contributed by atoms with van der Waals surface area (Å²) in [5, 5.41) is 0.